The fraction of sp³-hybridized carbons (Fsp3) is 0.500. The molecule has 138 valence electrons. The standard InChI is InChI=1S/C20H22N4O2Si/c1-17(16-9-7-6-8-10-16)11-20(25-2,26-27(3,4)5)19(14-23,15-24)18(17,12-21)13-22/h6-10H,11H2,1-5H3/t17-,20+/m1/s1. The Hall–Kier alpha value is -2.68. The van der Waals surface area contributed by atoms with Crippen molar-refractivity contribution in [1.29, 1.82) is 21.0 Å². The molecule has 0 aliphatic heterocycles. The van der Waals surface area contributed by atoms with E-state index in [0.29, 0.717) is 5.56 Å². The van der Waals surface area contributed by atoms with E-state index in [0.717, 1.165) is 0 Å². The Labute approximate surface area is 161 Å². The Morgan fingerprint density at radius 3 is 1.74 bits per heavy atom. The minimum absolute atomic E-state index is 0.0347. The van der Waals surface area contributed by atoms with Gasteiger partial charge in [-0.05, 0) is 25.2 Å². The van der Waals surface area contributed by atoms with Gasteiger partial charge in [0.2, 0.25) is 5.41 Å². The molecule has 0 radical (unpaired) electrons. The number of ether oxygens (including phenoxy) is 1. The van der Waals surface area contributed by atoms with E-state index in [1.54, 1.807) is 31.2 Å². The van der Waals surface area contributed by atoms with Crippen molar-refractivity contribution in [3.8, 4) is 24.3 Å². The van der Waals surface area contributed by atoms with Gasteiger partial charge in [0.1, 0.15) is 0 Å². The van der Waals surface area contributed by atoms with Gasteiger partial charge in [-0.25, -0.2) is 0 Å². The first-order valence-corrected chi connectivity index (χ1v) is 11.9. The summed E-state index contributed by atoms with van der Waals surface area (Å²) in [6, 6.07) is 17.0. The Morgan fingerprint density at radius 1 is 0.889 bits per heavy atom. The normalized spacial score (nSPS) is 28.3. The third-order valence-corrected chi connectivity index (χ3v) is 6.37. The molecule has 0 heterocycles. The summed E-state index contributed by atoms with van der Waals surface area (Å²) in [6.07, 6.45) is 0.0347. The van der Waals surface area contributed by atoms with Gasteiger partial charge >= 0.3 is 0 Å². The maximum atomic E-state index is 10.2. The lowest BCUT2D eigenvalue weighted by molar-refractivity contribution is -0.207. The van der Waals surface area contributed by atoms with Crippen LogP contribution in [0.15, 0.2) is 30.3 Å². The monoisotopic (exact) mass is 378 g/mol. The molecule has 0 aromatic heterocycles. The summed E-state index contributed by atoms with van der Waals surface area (Å²) >= 11 is 0. The molecule has 0 unspecified atom stereocenters. The largest absolute Gasteiger partial charge is 0.389 e. The fourth-order valence-corrected chi connectivity index (χ4v) is 5.53. The predicted octanol–water partition coefficient (Wildman–Crippen LogP) is 3.61. The van der Waals surface area contributed by atoms with Gasteiger partial charge in [0.15, 0.2) is 19.5 Å². The zero-order chi connectivity index (χ0) is 20.6. The summed E-state index contributed by atoms with van der Waals surface area (Å²) in [6.45, 7) is 7.45. The van der Waals surface area contributed by atoms with Crippen molar-refractivity contribution in [3.63, 3.8) is 0 Å². The SMILES string of the molecule is CO[C@]1(O[Si](C)(C)C)C[C@](C)(c2ccccc2)C(C#N)(C#N)C1(C#N)C#N. The van der Waals surface area contributed by atoms with E-state index in [1.807, 2.05) is 50.0 Å². The van der Waals surface area contributed by atoms with Gasteiger partial charge in [-0.1, -0.05) is 37.3 Å². The van der Waals surface area contributed by atoms with Crippen LogP contribution in [-0.4, -0.2) is 21.2 Å². The maximum Gasteiger partial charge on any atom is 0.228 e. The third-order valence-electron chi connectivity index (χ3n) is 5.43. The molecule has 2 atom stereocenters. The van der Waals surface area contributed by atoms with E-state index in [-0.39, 0.29) is 6.42 Å². The van der Waals surface area contributed by atoms with Crippen LogP contribution in [0.2, 0.25) is 19.6 Å². The first-order valence-electron chi connectivity index (χ1n) is 8.53. The van der Waals surface area contributed by atoms with E-state index in [2.05, 4.69) is 0 Å². The summed E-state index contributed by atoms with van der Waals surface area (Å²) in [5.41, 5.74) is -4.58. The van der Waals surface area contributed by atoms with E-state index >= 15 is 0 Å². The van der Waals surface area contributed by atoms with Gasteiger partial charge in [0, 0.05) is 18.9 Å². The van der Waals surface area contributed by atoms with Crippen LogP contribution in [0.1, 0.15) is 18.9 Å². The Balaban J connectivity index is 2.97. The second kappa shape index (κ2) is 6.49. The molecule has 0 amide bonds. The van der Waals surface area contributed by atoms with Crippen LogP contribution in [0.3, 0.4) is 0 Å². The highest BCUT2D eigenvalue weighted by molar-refractivity contribution is 6.69. The Kier molecular flexibility index (Phi) is 4.95. The van der Waals surface area contributed by atoms with Gasteiger partial charge < -0.3 is 9.16 Å². The number of nitriles is 4. The van der Waals surface area contributed by atoms with Crippen LogP contribution in [0.25, 0.3) is 0 Å². The minimum Gasteiger partial charge on any atom is -0.389 e. The summed E-state index contributed by atoms with van der Waals surface area (Å²) < 4.78 is 12.0. The summed E-state index contributed by atoms with van der Waals surface area (Å²) in [4.78, 5) is 0. The van der Waals surface area contributed by atoms with Crippen molar-refractivity contribution in [3.05, 3.63) is 35.9 Å². The number of benzene rings is 1. The lowest BCUT2D eigenvalue weighted by Crippen LogP contribution is -2.57. The summed E-state index contributed by atoms with van der Waals surface area (Å²) in [5.74, 6) is -1.70. The van der Waals surface area contributed by atoms with Crippen LogP contribution in [0.5, 0.6) is 0 Å². The predicted molar refractivity (Wildman–Crippen MR) is 99.9 cm³/mol. The minimum atomic E-state index is -2.33. The van der Waals surface area contributed by atoms with Crippen LogP contribution < -0.4 is 0 Å². The Bertz CT molecular complexity index is 870. The van der Waals surface area contributed by atoms with Crippen LogP contribution in [0.4, 0.5) is 0 Å². The second-order valence-corrected chi connectivity index (χ2v) is 12.4. The lowest BCUT2D eigenvalue weighted by Gasteiger charge is -2.42. The van der Waals surface area contributed by atoms with Crippen LogP contribution in [0, 0.1) is 56.2 Å². The molecule has 6 nitrogen and oxygen atoms in total. The van der Waals surface area contributed by atoms with Crippen molar-refractivity contribution in [2.24, 2.45) is 10.8 Å². The van der Waals surface area contributed by atoms with Crippen molar-refractivity contribution in [1.82, 2.24) is 0 Å². The molecular formula is C20H22N4O2Si. The highest BCUT2D eigenvalue weighted by Crippen LogP contribution is 2.68. The lowest BCUT2D eigenvalue weighted by atomic mass is 9.56. The highest BCUT2D eigenvalue weighted by Gasteiger charge is 2.82. The number of hydrogen-bond acceptors (Lipinski definition) is 6. The maximum absolute atomic E-state index is 10.2. The first kappa shape index (κ1) is 20.6. The third kappa shape index (κ3) is 2.48. The van der Waals surface area contributed by atoms with Crippen molar-refractivity contribution in [2.45, 2.75) is 44.2 Å². The molecule has 1 aromatic carbocycles. The number of nitrogens with zero attached hydrogens (tertiary/aromatic N) is 4. The van der Waals surface area contributed by atoms with Crippen LogP contribution in [-0.2, 0) is 14.6 Å². The molecule has 0 bridgehead atoms. The van der Waals surface area contributed by atoms with Crippen molar-refractivity contribution in [2.75, 3.05) is 7.11 Å². The molecule has 0 N–H and O–H groups in total. The molecule has 1 aliphatic rings. The molecule has 7 heteroatoms. The smallest absolute Gasteiger partial charge is 0.228 e. The van der Waals surface area contributed by atoms with E-state index in [9.17, 15) is 21.0 Å². The summed E-state index contributed by atoms with van der Waals surface area (Å²) in [5, 5.41) is 40.6. The quantitative estimate of drug-likeness (QED) is 0.584. The number of hydrogen-bond donors (Lipinski definition) is 0. The van der Waals surface area contributed by atoms with Crippen molar-refractivity contribution >= 4 is 8.32 Å². The van der Waals surface area contributed by atoms with Crippen LogP contribution >= 0.6 is 0 Å². The van der Waals surface area contributed by atoms with E-state index in [1.165, 1.54) is 7.11 Å². The van der Waals surface area contributed by atoms with Gasteiger partial charge in [0.25, 0.3) is 0 Å². The van der Waals surface area contributed by atoms with E-state index in [4.69, 9.17) is 9.16 Å². The topological polar surface area (TPSA) is 114 Å². The first-order chi connectivity index (χ1) is 12.6. The molecule has 2 rings (SSSR count). The molecule has 1 saturated carbocycles. The van der Waals surface area contributed by atoms with E-state index < -0.39 is 30.3 Å². The molecule has 27 heavy (non-hydrogen) atoms. The molecule has 1 fully saturated rings. The molecule has 1 aromatic rings. The van der Waals surface area contributed by atoms with Crippen molar-refractivity contribution < 1.29 is 9.16 Å². The zero-order valence-corrected chi connectivity index (χ0v) is 17.2. The van der Waals surface area contributed by atoms with Gasteiger partial charge in [-0.2, -0.15) is 21.0 Å². The average Bonchev–Trinajstić information content (AvgIpc) is 2.83. The molecule has 0 saturated heterocycles. The average molecular weight is 379 g/mol. The second-order valence-electron chi connectivity index (χ2n) is 7.99. The molecular weight excluding hydrogens is 356 g/mol. The Morgan fingerprint density at radius 2 is 1.37 bits per heavy atom. The zero-order valence-electron chi connectivity index (χ0n) is 16.2. The fourth-order valence-electron chi connectivity index (χ4n) is 4.23. The van der Waals surface area contributed by atoms with Gasteiger partial charge in [-0.15, -0.1) is 0 Å². The molecule has 1 aliphatic carbocycles. The van der Waals surface area contributed by atoms with Gasteiger partial charge in [0.05, 0.1) is 24.3 Å². The number of rotatable bonds is 4. The van der Waals surface area contributed by atoms with Gasteiger partial charge in [-0.3, -0.25) is 0 Å². The highest BCUT2D eigenvalue weighted by atomic mass is 28.4. The summed E-state index contributed by atoms with van der Waals surface area (Å²) in [7, 11) is -0.974. The molecule has 0 spiro atoms. The number of methoxy groups -OCH3 is 1.